The number of likely N-dealkylation sites (tertiary alicyclic amines) is 1. The number of hydrogen-bond donors (Lipinski definition) is 2. The maximum Gasteiger partial charge on any atom is 0.251 e. The molecule has 9 nitrogen and oxygen atoms in total. The molecular weight excluding hydrogens is 536 g/mol. The van der Waals surface area contributed by atoms with Gasteiger partial charge in [-0.15, -0.1) is 24.8 Å². The van der Waals surface area contributed by atoms with Crippen LogP contribution in [0.3, 0.4) is 0 Å². The molecule has 6 heterocycles. The van der Waals surface area contributed by atoms with Gasteiger partial charge in [-0.1, -0.05) is 0 Å². The van der Waals surface area contributed by atoms with Crippen LogP contribution in [0.25, 0.3) is 11.0 Å². The maximum absolute atomic E-state index is 14.3. The number of fused-ring (bicyclic) bond motifs is 1. The number of hydrogen-bond acceptors (Lipinski definition) is 8. The van der Waals surface area contributed by atoms with Crippen LogP contribution in [0.15, 0.2) is 35.4 Å². The highest BCUT2D eigenvalue weighted by Gasteiger charge is 2.32. The Morgan fingerprint density at radius 1 is 1.18 bits per heavy atom. The van der Waals surface area contributed by atoms with E-state index in [1.54, 1.807) is 16.8 Å². The normalized spacial score (nSPS) is 22.4. The molecule has 38 heavy (non-hydrogen) atoms. The monoisotopic (exact) mass is 567 g/mol. The van der Waals surface area contributed by atoms with E-state index in [4.69, 9.17) is 9.47 Å². The second-order valence-electron chi connectivity index (χ2n) is 9.92. The van der Waals surface area contributed by atoms with Gasteiger partial charge in [0.15, 0.2) is 11.6 Å². The third-order valence-corrected chi connectivity index (χ3v) is 7.45. The van der Waals surface area contributed by atoms with Gasteiger partial charge in [0.1, 0.15) is 17.9 Å². The highest BCUT2D eigenvalue weighted by Crippen LogP contribution is 2.33. The number of aliphatic hydroxyl groups excluding tert-OH is 1. The minimum Gasteiger partial charge on any atom is -0.492 e. The van der Waals surface area contributed by atoms with Gasteiger partial charge in [0, 0.05) is 44.7 Å². The Bertz CT molecular complexity index is 1340. The second-order valence-corrected chi connectivity index (χ2v) is 9.92. The molecule has 2 N–H and O–H groups in total. The Labute approximate surface area is 232 Å². The van der Waals surface area contributed by atoms with Crippen LogP contribution in [0.2, 0.25) is 0 Å². The van der Waals surface area contributed by atoms with Crippen LogP contribution >= 0.6 is 24.8 Å². The zero-order valence-corrected chi connectivity index (χ0v) is 22.5. The number of aromatic nitrogens is 3. The molecule has 6 rings (SSSR count). The van der Waals surface area contributed by atoms with E-state index in [2.05, 4.69) is 26.3 Å². The van der Waals surface area contributed by atoms with E-state index in [9.17, 15) is 14.3 Å². The van der Waals surface area contributed by atoms with Gasteiger partial charge in [0.05, 0.1) is 42.4 Å². The van der Waals surface area contributed by atoms with Gasteiger partial charge in [-0.05, 0) is 37.0 Å². The lowest BCUT2D eigenvalue weighted by molar-refractivity contribution is 0.0184. The summed E-state index contributed by atoms with van der Waals surface area (Å²) in [5, 5.41) is 14.1. The minimum atomic E-state index is -0.562. The predicted octanol–water partition coefficient (Wildman–Crippen LogP) is 2.51. The molecule has 206 valence electrons. The van der Waals surface area contributed by atoms with Crippen LogP contribution in [0.4, 0.5) is 4.39 Å². The van der Waals surface area contributed by atoms with E-state index >= 15 is 0 Å². The van der Waals surface area contributed by atoms with E-state index in [1.807, 2.05) is 0 Å². The molecule has 12 heteroatoms. The molecule has 0 radical (unpaired) electrons. The van der Waals surface area contributed by atoms with Crippen molar-refractivity contribution in [2.24, 2.45) is 5.92 Å². The number of piperidine rings is 1. The molecule has 3 aromatic heterocycles. The van der Waals surface area contributed by atoms with Crippen molar-refractivity contribution >= 4 is 35.8 Å². The third-order valence-electron chi connectivity index (χ3n) is 7.45. The summed E-state index contributed by atoms with van der Waals surface area (Å²) in [5.41, 5.74) is 2.93. The van der Waals surface area contributed by atoms with Crippen molar-refractivity contribution in [3.63, 3.8) is 0 Å². The van der Waals surface area contributed by atoms with Crippen LogP contribution in [0.5, 0.6) is 11.5 Å². The molecule has 1 saturated heterocycles. The van der Waals surface area contributed by atoms with Crippen molar-refractivity contribution in [1.29, 1.82) is 0 Å². The number of ether oxygens (including phenoxy) is 2. The number of aliphatic hydroxyl groups is 1. The first-order chi connectivity index (χ1) is 17.6. The predicted molar refractivity (Wildman–Crippen MR) is 145 cm³/mol. The lowest BCUT2D eigenvalue weighted by atomic mass is 9.94. The van der Waals surface area contributed by atoms with Crippen molar-refractivity contribution in [3.8, 4) is 11.5 Å². The Kier molecular flexibility index (Phi) is 9.10. The summed E-state index contributed by atoms with van der Waals surface area (Å²) in [5.74, 6) is 0.454. The molecule has 0 bridgehead atoms. The SMILES string of the molecule is Cl.Cl.O=c1ccc2ncc(F)c3c2n1[C@H](CN1CCC(O)C(CNCc2cc4c(cn2)OCCC4)C1)CO3. The highest BCUT2D eigenvalue weighted by molar-refractivity contribution is 5.85. The molecule has 0 spiro atoms. The molecule has 0 saturated carbocycles. The Morgan fingerprint density at radius 2 is 2.05 bits per heavy atom. The van der Waals surface area contributed by atoms with E-state index in [0.717, 1.165) is 43.6 Å². The van der Waals surface area contributed by atoms with Gasteiger partial charge in [-0.25, -0.2) is 4.39 Å². The Morgan fingerprint density at radius 3 is 2.92 bits per heavy atom. The van der Waals surface area contributed by atoms with Crippen LogP contribution in [0, 0.1) is 11.7 Å². The van der Waals surface area contributed by atoms with Crippen LogP contribution in [-0.2, 0) is 13.0 Å². The zero-order valence-electron chi connectivity index (χ0n) is 20.8. The fraction of sp³-hybridized carbons (Fsp3) is 0.500. The average Bonchev–Trinajstić information content (AvgIpc) is 2.89. The van der Waals surface area contributed by atoms with Gasteiger partial charge in [-0.2, -0.15) is 0 Å². The fourth-order valence-electron chi connectivity index (χ4n) is 5.61. The van der Waals surface area contributed by atoms with Gasteiger partial charge < -0.3 is 24.8 Å². The van der Waals surface area contributed by atoms with Gasteiger partial charge in [0.2, 0.25) is 0 Å². The number of nitrogens with one attached hydrogen (secondary N) is 1. The molecule has 3 aromatic rings. The lowest BCUT2D eigenvalue weighted by Gasteiger charge is -2.39. The number of pyridine rings is 3. The standard InChI is InChI=1S/C26H30FN5O4.2ClH/c27-20-11-30-21-3-4-24(34)32-19(15-36-26(20)25(21)32)14-31-6-5-22(33)17(13-31)9-28-10-18-8-16-2-1-7-35-23(16)12-29-18;;/h3-4,8,11-12,17,19,22,28,33H,1-2,5-7,9-10,13-15H2;2*1H/t17?,19-,22?;;/m1../s1. The molecule has 0 amide bonds. The quantitative estimate of drug-likeness (QED) is 0.468. The Balaban J connectivity index is 0.00000168. The summed E-state index contributed by atoms with van der Waals surface area (Å²) < 4.78 is 27.3. The van der Waals surface area contributed by atoms with Crippen molar-refractivity contribution in [3.05, 3.63) is 58.0 Å². The van der Waals surface area contributed by atoms with Crippen molar-refractivity contribution < 1.29 is 19.0 Å². The number of aryl methyl sites for hydroxylation is 1. The summed E-state index contributed by atoms with van der Waals surface area (Å²) in [4.78, 5) is 23.7. The Hall–Kier alpha value is -2.50. The zero-order chi connectivity index (χ0) is 24.6. The number of nitrogens with zero attached hydrogens (tertiary/aromatic N) is 4. The smallest absolute Gasteiger partial charge is 0.251 e. The minimum absolute atomic E-state index is 0. The van der Waals surface area contributed by atoms with E-state index in [0.29, 0.717) is 43.6 Å². The maximum atomic E-state index is 14.3. The highest BCUT2D eigenvalue weighted by atomic mass is 35.5. The van der Waals surface area contributed by atoms with Crippen LogP contribution < -0.4 is 20.3 Å². The van der Waals surface area contributed by atoms with Crippen molar-refractivity contribution in [2.45, 2.75) is 38.0 Å². The van der Waals surface area contributed by atoms with Gasteiger partial charge >= 0.3 is 0 Å². The molecule has 2 unspecified atom stereocenters. The van der Waals surface area contributed by atoms with Gasteiger partial charge in [0.25, 0.3) is 5.56 Å². The summed E-state index contributed by atoms with van der Waals surface area (Å²) in [6, 6.07) is 4.92. The molecule has 0 aliphatic carbocycles. The summed E-state index contributed by atoms with van der Waals surface area (Å²) in [6.07, 6.45) is 5.22. The molecule has 1 fully saturated rings. The largest absolute Gasteiger partial charge is 0.492 e. The van der Waals surface area contributed by atoms with E-state index in [1.165, 1.54) is 11.6 Å². The average molecular weight is 568 g/mol. The first-order valence-electron chi connectivity index (χ1n) is 12.6. The first-order valence-corrected chi connectivity index (χ1v) is 12.6. The van der Waals surface area contributed by atoms with Crippen LogP contribution in [-0.4, -0.2) is 70.0 Å². The number of rotatable bonds is 6. The fourth-order valence-corrected chi connectivity index (χ4v) is 5.61. The summed E-state index contributed by atoms with van der Waals surface area (Å²) in [7, 11) is 0. The molecule has 3 aliphatic heterocycles. The van der Waals surface area contributed by atoms with E-state index in [-0.39, 0.29) is 54.7 Å². The van der Waals surface area contributed by atoms with E-state index < -0.39 is 11.9 Å². The molecule has 3 aliphatic rings. The lowest BCUT2D eigenvalue weighted by Crippen LogP contribution is -2.49. The topological polar surface area (TPSA) is 102 Å². The number of halogens is 3. The summed E-state index contributed by atoms with van der Waals surface area (Å²) >= 11 is 0. The second kappa shape index (κ2) is 12.1. The van der Waals surface area contributed by atoms with Gasteiger partial charge in [-0.3, -0.25) is 19.3 Å². The van der Waals surface area contributed by atoms with Crippen molar-refractivity contribution in [2.75, 3.05) is 39.4 Å². The van der Waals surface area contributed by atoms with Crippen LogP contribution in [0.1, 0.15) is 30.1 Å². The molecular formula is C26H32Cl2FN5O4. The summed E-state index contributed by atoms with van der Waals surface area (Å²) in [6.45, 7) is 4.22. The first kappa shape index (κ1) is 28.5. The third kappa shape index (κ3) is 5.60. The molecule has 3 atom stereocenters. The molecule has 0 aromatic carbocycles. The van der Waals surface area contributed by atoms with Crippen molar-refractivity contribution in [1.82, 2.24) is 24.8 Å².